The Morgan fingerprint density at radius 1 is 1.33 bits per heavy atom. The zero-order chi connectivity index (χ0) is 12.8. The average molecular weight is 251 g/mol. The van der Waals surface area contributed by atoms with Crippen molar-refractivity contribution in [2.24, 2.45) is 0 Å². The van der Waals surface area contributed by atoms with Crippen molar-refractivity contribution in [2.45, 2.75) is 43.4 Å². The minimum Gasteiger partial charge on any atom is -0.494 e. The van der Waals surface area contributed by atoms with Crippen LogP contribution in [-0.2, 0) is 5.60 Å². The van der Waals surface area contributed by atoms with E-state index in [1.807, 2.05) is 0 Å². The van der Waals surface area contributed by atoms with Crippen molar-refractivity contribution in [1.82, 2.24) is 5.32 Å². The maximum Gasteiger partial charge on any atom is 0.171 e. The van der Waals surface area contributed by atoms with Crippen LogP contribution in [0.2, 0.25) is 0 Å². The van der Waals surface area contributed by atoms with Crippen LogP contribution in [0.4, 0.5) is 4.39 Å². The molecule has 0 spiro atoms. The topological polar surface area (TPSA) is 41.5 Å². The summed E-state index contributed by atoms with van der Waals surface area (Å²) in [5, 5.41) is 14.2. The van der Waals surface area contributed by atoms with Crippen LogP contribution in [0.5, 0.6) is 5.75 Å². The largest absolute Gasteiger partial charge is 0.494 e. The van der Waals surface area contributed by atoms with Crippen molar-refractivity contribution < 1.29 is 14.2 Å². The molecule has 98 valence electrons. The summed E-state index contributed by atoms with van der Waals surface area (Å²) in [5.41, 5.74) is -0.685. The van der Waals surface area contributed by atoms with Crippen LogP contribution in [0.3, 0.4) is 0 Å². The van der Waals surface area contributed by atoms with E-state index in [2.05, 4.69) is 5.32 Å². The zero-order valence-electron chi connectivity index (χ0n) is 10.4. The van der Waals surface area contributed by atoms with E-state index in [1.165, 1.54) is 7.11 Å². The molecule has 2 fully saturated rings. The quantitative estimate of drug-likeness (QED) is 0.844. The lowest BCUT2D eigenvalue weighted by molar-refractivity contribution is -0.0146. The Hall–Kier alpha value is -1.13. The number of benzene rings is 1. The molecule has 4 heteroatoms. The van der Waals surface area contributed by atoms with Gasteiger partial charge in [-0.2, -0.15) is 0 Å². The Morgan fingerprint density at radius 2 is 2.00 bits per heavy atom. The van der Waals surface area contributed by atoms with Crippen LogP contribution in [0, 0.1) is 5.82 Å². The average Bonchev–Trinajstić information content (AvgIpc) is 2.69. The summed E-state index contributed by atoms with van der Waals surface area (Å²) in [6.07, 6.45) is 3.29. The van der Waals surface area contributed by atoms with Gasteiger partial charge in [-0.3, -0.25) is 0 Å². The van der Waals surface area contributed by atoms with Crippen molar-refractivity contribution in [2.75, 3.05) is 7.11 Å². The number of aliphatic hydroxyl groups is 1. The van der Waals surface area contributed by atoms with Gasteiger partial charge >= 0.3 is 0 Å². The molecule has 2 heterocycles. The van der Waals surface area contributed by atoms with Crippen LogP contribution < -0.4 is 10.1 Å². The van der Waals surface area contributed by atoms with E-state index in [-0.39, 0.29) is 5.75 Å². The molecule has 1 aromatic rings. The molecular formula is C14H18FNO2. The lowest BCUT2D eigenvalue weighted by Crippen LogP contribution is -2.47. The molecule has 2 atom stereocenters. The molecule has 3 nitrogen and oxygen atoms in total. The summed E-state index contributed by atoms with van der Waals surface area (Å²) < 4.78 is 19.3. The Balaban J connectivity index is 1.98. The summed E-state index contributed by atoms with van der Waals surface area (Å²) >= 11 is 0. The first-order valence-electron chi connectivity index (χ1n) is 6.44. The molecule has 0 amide bonds. The van der Waals surface area contributed by atoms with Gasteiger partial charge < -0.3 is 15.2 Å². The van der Waals surface area contributed by atoms with Crippen molar-refractivity contribution in [3.05, 3.63) is 29.6 Å². The molecule has 0 aliphatic carbocycles. The third-order valence-electron chi connectivity index (χ3n) is 4.19. The second kappa shape index (κ2) is 4.21. The third-order valence-corrected chi connectivity index (χ3v) is 4.19. The lowest BCUT2D eigenvalue weighted by Gasteiger charge is -2.37. The van der Waals surface area contributed by atoms with Gasteiger partial charge in [0.1, 0.15) is 0 Å². The number of nitrogens with one attached hydrogen (secondary N) is 1. The van der Waals surface area contributed by atoms with Crippen LogP contribution >= 0.6 is 0 Å². The third kappa shape index (κ3) is 1.80. The van der Waals surface area contributed by atoms with Gasteiger partial charge in [0.25, 0.3) is 0 Å². The van der Waals surface area contributed by atoms with Gasteiger partial charge in [-0.25, -0.2) is 4.39 Å². The Morgan fingerprint density at radius 3 is 2.61 bits per heavy atom. The number of methoxy groups -OCH3 is 1. The second-order valence-corrected chi connectivity index (χ2v) is 5.40. The minimum atomic E-state index is -1.06. The van der Waals surface area contributed by atoms with E-state index in [0.29, 0.717) is 30.5 Å². The number of hydrogen-bond donors (Lipinski definition) is 2. The van der Waals surface area contributed by atoms with E-state index >= 15 is 0 Å². The molecule has 18 heavy (non-hydrogen) atoms. The molecule has 2 N–H and O–H groups in total. The van der Waals surface area contributed by atoms with Crippen LogP contribution in [0.15, 0.2) is 18.2 Å². The van der Waals surface area contributed by atoms with E-state index in [1.54, 1.807) is 18.2 Å². The Labute approximate surface area is 106 Å². The fourth-order valence-corrected chi connectivity index (χ4v) is 3.37. The number of piperidine rings is 1. The molecule has 2 bridgehead atoms. The van der Waals surface area contributed by atoms with Crippen molar-refractivity contribution in [3.63, 3.8) is 0 Å². The second-order valence-electron chi connectivity index (χ2n) is 5.40. The number of rotatable bonds is 2. The number of hydrogen-bond acceptors (Lipinski definition) is 3. The molecule has 0 aromatic heterocycles. The number of ether oxygens (including phenoxy) is 1. The molecular weight excluding hydrogens is 233 g/mol. The van der Waals surface area contributed by atoms with Gasteiger partial charge in [0.05, 0.1) is 12.7 Å². The molecule has 2 unspecified atom stereocenters. The highest BCUT2D eigenvalue weighted by molar-refractivity contribution is 5.35. The minimum absolute atomic E-state index is 0.201. The summed E-state index contributed by atoms with van der Waals surface area (Å²) in [6.45, 7) is 0. The standard InChI is InChI=1S/C14H18FNO2/c1-18-12-4-2-3-11(13(12)15)14(17)7-9-5-6-10(8-14)16-9/h2-4,9-10,16-17H,5-8H2,1H3. The molecule has 3 rings (SSSR count). The van der Waals surface area contributed by atoms with Gasteiger partial charge in [0, 0.05) is 17.6 Å². The zero-order valence-corrected chi connectivity index (χ0v) is 10.4. The van der Waals surface area contributed by atoms with Crippen molar-refractivity contribution >= 4 is 0 Å². The maximum absolute atomic E-state index is 14.3. The van der Waals surface area contributed by atoms with E-state index in [0.717, 1.165) is 12.8 Å². The smallest absolute Gasteiger partial charge is 0.171 e. The first kappa shape index (κ1) is 11.9. The predicted molar refractivity (Wildman–Crippen MR) is 66.0 cm³/mol. The lowest BCUT2D eigenvalue weighted by atomic mass is 9.81. The van der Waals surface area contributed by atoms with Gasteiger partial charge in [-0.15, -0.1) is 0 Å². The fraction of sp³-hybridized carbons (Fsp3) is 0.571. The highest BCUT2D eigenvalue weighted by Gasteiger charge is 2.44. The first-order chi connectivity index (χ1) is 8.62. The molecule has 2 saturated heterocycles. The van der Waals surface area contributed by atoms with E-state index in [4.69, 9.17) is 4.74 Å². The molecule has 0 radical (unpaired) electrons. The van der Waals surface area contributed by atoms with Crippen molar-refractivity contribution in [1.29, 1.82) is 0 Å². The van der Waals surface area contributed by atoms with Gasteiger partial charge in [-0.05, 0) is 31.7 Å². The van der Waals surface area contributed by atoms with E-state index in [9.17, 15) is 9.50 Å². The van der Waals surface area contributed by atoms with Gasteiger partial charge in [0.15, 0.2) is 11.6 Å². The molecule has 0 saturated carbocycles. The number of fused-ring (bicyclic) bond motifs is 2. The Kier molecular flexibility index (Phi) is 2.79. The highest BCUT2D eigenvalue weighted by atomic mass is 19.1. The highest BCUT2D eigenvalue weighted by Crippen LogP contribution is 2.42. The molecule has 2 aliphatic rings. The van der Waals surface area contributed by atoms with Gasteiger partial charge in [0.2, 0.25) is 0 Å². The first-order valence-corrected chi connectivity index (χ1v) is 6.44. The van der Waals surface area contributed by atoms with Crippen LogP contribution in [0.25, 0.3) is 0 Å². The van der Waals surface area contributed by atoms with E-state index < -0.39 is 11.4 Å². The monoisotopic (exact) mass is 251 g/mol. The normalized spacial score (nSPS) is 34.6. The van der Waals surface area contributed by atoms with Crippen molar-refractivity contribution in [3.8, 4) is 5.75 Å². The summed E-state index contributed by atoms with van der Waals surface area (Å²) in [6, 6.07) is 5.60. The fourth-order valence-electron chi connectivity index (χ4n) is 3.37. The summed E-state index contributed by atoms with van der Waals surface area (Å²) in [4.78, 5) is 0. The van der Waals surface area contributed by atoms with Gasteiger partial charge in [-0.1, -0.05) is 12.1 Å². The molecule has 2 aliphatic heterocycles. The maximum atomic E-state index is 14.3. The summed E-state index contributed by atoms with van der Waals surface area (Å²) in [7, 11) is 1.44. The number of halogens is 1. The van der Waals surface area contributed by atoms with Crippen LogP contribution in [-0.4, -0.2) is 24.3 Å². The molecule has 1 aromatic carbocycles. The Bertz CT molecular complexity index is 451. The van der Waals surface area contributed by atoms with Crippen LogP contribution in [0.1, 0.15) is 31.2 Å². The summed E-state index contributed by atoms with van der Waals surface area (Å²) in [5.74, 6) is -0.226. The SMILES string of the molecule is COc1cccc(C2(O)CC3CCC(C2)N3)c1F. The predicted octanol–water partition coefficient (Wildman–Crippen LogP) is 1.94.